The van der Waals surface area contributed by atoms with Gasteiger partial charge in [-0.05, 0) is 12.5 Å². The van der Waals surface area contributed by atoms with E-state index in [0.717, 1.165) is 19.2 Å². The number of nitro groups is 1. The number of urea groups is 1. The smallest absolute Gasteiger partial charge is 0.352 e. The van der Waals surface area contributed by atoms with Gasteiger partial charge in [-0.15, -0.1) is 0 Å². The molecule has 1 aromatic carbocycles. The molecule has 0 atom stereocenters. The first-order valence-electron chi connectivity index (χ1n) is 5.65. The number of nitro benzene ring substituents is 1. The lowest BCUT2D eigenvalue weighted by atomic mass is 10.1. The minimum atomic E-state index is -0.811. The molecule has 0 fully saturated rings. The van der Waals surface area contributed by atoms with E-state index in [0.29, 0.717) is 10.0 Å². The van der Waals surface area contributed by atoms with Gasteiger partial charge in [0.2, 0.25) is 0 Å². The Labute approximate surface area is 119 Å². The van der Waals surface area contributed by atoms with Crippen molar-refractivity contribution in [3.05, 3.63) is 33.4 Å². The van der Waals surface area contributed by atoms with Gasteiger partial charge in [-0.25, -0.2) is 26.3 Å². The Morgan fingerprint density at radius 3 is 2.33 bits per heavy atom. The number of benzene rings is 1. The van der Waals surface area contributed by atoms with E-state index < -0.39 is 22.6 Å². The van der Waals surface area contributed by atoms with Gasteiger partial charge in [-0.3, -0.25) is 15.1 Å². The topological polar surface area (TPSA) is 145 Å². The van der Waals surface area contributed by atoms with Crippen LogP contribution in [0.4, 0.5) is 16.2 Å². The number of hydrazine groups is 2. The average molecular weight is 297 g/mol. The first-order valence-corrected chi connectivity index (χ1v) is 5.65. The molecule has 2 amide bonds. The van der Waals surface area contributed by atoms with E-state index in [9.17, 15) is 19.7 Å². The highest BCUT2D eigenvalue weighted by atomic mass is 16.6. The van der Waals surface area contributed by atoms with Crippen LogP contribution < -0.4 is 16.7 Å². The van der Waals surface area contributed by atoms with E-state index in [-0.39, 0.29) is 16.8 Å². The van der Waals surface area contributed by atoms with Gasteiger partial charge in [0.05, 0.1) is 23.3 Å². The van der Waals surface area contributed by atoms with Crippen LogP contribution in [0, 0.1) is 17.0 Å². The van der Waals surface area contributed by atoms with Crippen molar-refractivity contribution in [2.24, 2.45) is 11.7 Å². The predicted octanol–water partition coefficient (Wildman–Crippen LogP) is 0.295. The Kier molecular flexibility index (Phi) is 4.79. The number of rotatable bonds is 3. The number of non-ortho nitro benzene ring substituents is 1. The maximum absolute atomic E-state index is 11.7. The second-order valence-electron chi connectivity index (χ2n) is 4.15. The summed E-state index contributed by atoms with van der Waals surface area (Å²) in [5.41, 5.74) is -0.236. The second kappa shape index (κ2) is 6.15. The first-order chi connectivity index (χ1) is 9.70. The summed E-state index contributed by atoms with van der Waals surface area (Å²) in [7, 11) is 2.40. The molecule has 1 aromatic rings. The number of methoxy groups -OCH3 is 1. The molecule has 0 aromatic heterocycles. The third-order valence-electron chi connectivity index (χ3n) is 2.75. The number of nitrogens with two attached hydrogens (primary N) is 2. The third-order valence-corrected chi connectivity index (χ3v) is 2.75. The third kappa shape index (κ3) is 3.24. The van der Waals surface area contributed by atoms with Crippen molar-refractivity contribution in [1.82, 2.24) is 5.01 Å². The number of esters is 1. The molecule has 21 heavy (non-hydrogen) atoms. The molecule has 0 aliphatic heterocycles. The molecule has 0 bridgehead atoms. The lowest BCUT2D eigenvalue weighted by Gasteiger charge is -2.22. The predicted molar refractivity (Wildman–Crippen MR) is 73.2 cm³/mol. The van der Waals surface area contributed by atoms with Crippen LogP contribution in [0.15, 0.2) is 12.1 Å². The fourth-order valence-corrected chi connectivity index (χ4v) is 1.63. The number of carbonyl (C=O) groups excluding carboxylic acids is 2. The lowest BCUT2D eigenvalue weighted by Crippen LogP contribution is -2.49. The normalized spacial score (nSPS) is 9.95. The molecule has 0 saturated carbocycles. The summed E-state index contributed by atoms with van der Waals surface area (Å²) in [5.74, 6) is 10.1. The summed E-state index contributed by atoms with van der Waals surface area (Å²) >= 11 is 0. The van der Waals surface area contributed by atoms with Crippen molar-refractivity contribution in [3.63, 3.8) is 0 Å². The Bertz CT molecular complexity index is 601. The summed E-state index contributed by atoms with van der Waals surface area (Å²) in [6.07, 6.45) is 0. The SMILES string of the molecule is COC(=O)c1cc([N+](=O)[O-])cc(N(N)C(=O)N(C)N)c1C. The second-order valence-corrected chi connectivity index (χ2v) is 4.15. The van der Waals surface area contributed by atoms with E-state index in [4.69, 9.17) is 11.7 Å². The highest BCUT2D eigenvalue weighted by molar-refractivity contribution is 5.97. The van der Waals surface area contributed by atoms with Crippen molar-refractivity contribution in [1.29, 1.82) is 0 Å². The van der Waals surface area contributed by atoms with Crippen molar-refractivity contribution in [2.45, 2.75) is 6.92 Å². The molecule has 0 aliphatic rings. The van der Waals surface area contributed by atoms with E-state index in [2.05, 4.69) is 4.74 Å². The molecule has 0 spiro atoms. The number of carbonyl (C=O) groups is 2. The quantitative estimate of drug-likeness (QED) is 0.268. The molecule has 0 aliphatic carbocycles. The van der Waals surface area contributed by atoms with Crippen LogP contribution in [0.2, 0.25) is 0 Å². The van der Waals surface area contributed by atoms with Crippen molar-refractivity contribution in [3.8, 4) is 0 Å². The zero-order valence-electron chi connectivity index (χ0n) is 11.7. The van der Waals surface area contributed by atoms with Crippen LogP contribution in [0.3, 0.4) is 0 Å². The standard InChI is InChI=1S/C11H15N5O5/c1-6-8(10(17)21-3)4-7(16(19)20)5-9(6)15(13)11(18)14(2)12/h4-5H,12-13H2,1-3H3. The average Bonchev–Trinajstić information content (AvgIpc) is 2.44. The van der Waals surface area contributed by atoms with Gasteiger partial charge in [0.1, 0.15) is 0 Å². The Morgan fingerprint density at radius 2 is 1.90 bits per heavy atom. The van der Waals surface area contributed by atoms with Gasteiger partial charge >= 0.3 is 12.0 Å². The number of anilines is 1. The largest absolute Gasteiger partial charge is 0.465 e. The van der Waals surface area contributed by atoms with Crippen LogP contribution >= 0.6 is 0 Å². The van der Waals surface area contributed by atoms with Gasteiger partial charge < -0.3 is 4.74 Å². The van der Waals surface area contributed by atoms with Crippen molar-refractivity contribution < 1.29 is 19.2 Å². The molecule has 4 N–H and O–H groups in total. The van der Waals surface area contributed by atoms with Crippen LogP contribution in [0.1, 0.15) is 15.9 Å². The van der Waals surface area contributed by atoms with Crippen LogP contribution in [-0.4, -0.2) is 36.1 Å². The number of amides is 2. The molecule has 0 saturated heterocycles. The van der Waals surface area contributed by atoms with Gasteiger partial charge in [-0.2, -0.15) is 0 Å². The minimum absolute atomic E-state index is 0.0214. The van der Waals surface area contributed by atoms with E-state index in [1.54, 1.807) is 0 Å². The molecule has 0 radical (unpaired) electrons. The monoisotopic (exact) mass is 297 g/mol. The summed E-state index contributed by atoms with van der Waals surface area (Å²) < 4.78 is 4.55. The molecule has 1 rings (SSSR count). The minimum Gasteiger partial charge on any atom is -0.465 e. The van der Waals surface area contributed by atoms with E-state index >= 15 is 0 Å². The molecular weight excluding hydrogens is 282 g/mol. The van der Waals surface area contributed by atoms with Gasteiger partial charge in [-0.1, -0.05) is 0 Å². The summed E-state index contributed by atoms with van der Waals surface area (Å²) in [6, 6.07) is 1.31. The first kappa shape index (κ1) is 16.3. The molecular formula is C11H15N5O5. The van der Waals surface area contributed by atoms with Gasteiger partial charge in [0.15, 0.2) is 0 Å². The van der Waals surface area contributed by atoms with E-state index in [1.165, 1.54) is 14.0 Å². The molecule has 114 valence electrons. The molecule has 10 heteroatoms. The maximum atomic E-state index is 11.7. The highest BCUT2D eigenvalue weighted by Gasteiger charge is 2.24. The van der Waals surface area contributed by atoms with Gasteiger partial charge in [0.25, 0.3) is 5.69 Å². The fraction of sp³-hybridized carbons (Fsp3) is 0.273. The zero-order valence-corrected chi connectivity index (χ0v) is 11.7. The fourth-order valence-electron chi connectivity index (χ4n) is 1.63. The van der Waals surface area contributed by atoms with Crippen LogP contribution in [0.5, 0.6) is 0 Å². The number of ether oxygens (including phenoxy) is 1. The van der Waals surface area contributed by atoms with Gasteiger partial charge in [0, 0.05) is 19.2 Å². The van der Waals surface area contributed by atoms with Crippen molar-refractivity contribution >= 4 is 23.4 Å². The summed E-state index contributed by atoms with van der Waals surface area (Å²) in [4.78, 5) is 33.6. The molecule has 10 nitrogen and oxygen atoms in total. The summed E-state index contributed by atoms with van der Waals surface area (Å²) in [5, 5.41) is 12.3. The Hall–Kier alpha value is -2.72. The maximum Gasteiger partial charge on any atom is 0.352 e. The zero-order chi connectivity index (χ0) is 16.3. The van der Waals surface area contributed by atoms with Crippen LogP contribution in [0.25, 0.3) is 0 Å². The number of hydrogen-bond donors (Lipinski definition) is 2. The number of hydrogen-bond acceptors (Lipinski definition) is 7. The van der Waals surface area contributed by atoms with Crippen molar-refractivity contribution in [2.75, 3.05) is 19.2 Å². The Morgan fingerprint density at radius 1 is 1.33 bits per heavy atom. The summed E-state index contributed by atoms with van der Waals surface area (Å²) in [6.45, 7) is 1.48. The molecule has 0 heterocycles. The Balaban J connectivity index is 3.50. The number of nitrogens with zero attached hydrogens (tertiary/aromatic N) is 3. The van der Waals surface area contributed by atoms with E-state index in [1.807, 2.05) is 0 Å². The highest BCUT2D eigenvalue weighted by Crippen LogP contribution is 2.28. The molecule has 0 unspecified atom stereocenters. The van der Waals surface area contributed by atoms with Crippen LogP contribution in [-0.2, 0) is 4.74 Å². The lowest BCUT2D eigenvalue weighted by molar-refractivity contribution is -0.384.